The number of likely N-dealkylation sites (tertiary alicyclic amines) is 1. The van der Waals surface area contributed by atoms with E-state index in [1.165, 1.54) is 11.3 Å². The highest BCUT2D eigenvalue weighted by Gasteiger charge is 2.28. The Bertz CT molecular complexity index is 628. The molecule has 4 nitrogen and oxygen atoms in total. The maximum absolute atomic E-state index is 12.4. The van der Waals surface area contributed by atoms with Crippen LogP contribution >= 0.6 is 0 Å². The van der Waals surface area contributed by atoms with Crippen molar-refractivity contribution in [2.75, 3.05) is 13.1 Å². The molecule has 2 heterocycles. The van der Waals surface area contributed by atoms with Crippen molar-refractivity contribution in [3.8, 4) is 0 Å². The molecule has 22 heavy (non-hydrogen) atoms. The number of aryl methyl sites for hydroxylation is 3. The smallest absolute Gasteiger partial charge is 0.222 e. The molecule has 1 aromatic heterocycles. The topological polar surface area (TPSA) is 38.1 Å². The van der Waals surface area contributed by atoms with Gasteiger partial charge < -0.3 is 9.47 Å². The molecule has 0 spiro atoms. The highest BCUT2D eigenvalue weighted by molar-refractivity contribution is 5.76. The SMILES string of the molecule is Cc1cnc(C)n1C1CCN(C(=O)CCc2ccccc2)C1. The molecule has 1 aliphatic heterocycles. The Morgan fingerprint density at radius 2 is 2.05 bits per heavy atom. The van der Waals surface area contributed by atoms with Crippen LogP contribution in [0.15, 0.2) is 36.5 Å². The number of nitrogens with zero attached hydrogens (tertiary/aromatic N) is 3. The molecule has 0 bridgehead atoms. The zero-order chi connectivity index (χ0) is 15.5. The summed E-state index contributed by atoms with van der Waals surface area (Å²) in [6, 6.07) is 10.6. The number of carbonyl (C=O) groups excluding carboxylic acids is 1. The Labute approximate surface area is 131 Å². The number of carbonyl (C=O) groups is 1. The molecular weight excluding hydrogens is 274 g/mol. The summed E-state index contributed by atoms with van der Waals surface area (Å²) in [5, 5.41) is 0. The van der Waals surface area contributed by atoms with Gasteiger partial charge in [-0.15, -0.1) is 0 Å². The maximum atomic E-state index is 12.4. The molecule has 1 fully saturated rings. The number of hydrogen-bond donors (Lipinski definition) is 0. The first-order valence-corrected chi connectivity index (χ1v) is 7.97. The Hall–Kier alpha value is -2.10. The summed E-state index contributed by atoms with van der Waals surface area (Å²) in [5.41, 5.74) is 2.41. The minimum Gasteiger partial charge on any atom is -0.341 e. The van der Waals surface area contributed by atoms with E-state index >= 15 is 0 Å². The van der Waals surface area contributed by atoms with Gasteiger partial charge in [0.1, 0.15) is 5.82 Å². The Morgan fingerprint density at radius 3 is 2.73 bits per heavy atom. The lowest BCUT2D eigenvalue weighted by Gasteiger charge is -2.19. The van der Waals surface area contributed by atoms with Gasteiger partial charge in [-0.2, -0.15) is 0 Å². The average Bonchev–Trinajstić information content (AvgIpc) is 3.13. The molecule has 0 radical (unpaired) electrons. The van der Waals surface area contributed by atoms with Gasteiger partial charge in [0, 0.05) is 31.4 Å². The minimum absolute atomic E-state index is 0.266. The molecule has 1 unspecified atom stereocenters. The molecule has 1 atom stereocenters. The van der Waals surface area contributed by atoms with E-state index in [2.05, 4.69) is 28.6 Å². The highest BCUT2D eigenvalue weighted by Crippen LogP contribution is 2.25. The third-order valence-corrected chi connectivity index (χ3v) is 4.52. The molecule has 4 heteroatoms. The fourth-order valence-electron chi connectivity index (χ4n) is 3.35. The second kappa shape index (κ2) is 6.34. The van der Waals surface area contributed by atoms with Gasteiger partial charge >= 0.3 is 0 Å². The second-order valence-electron chi connectivity index (χ2n) is 6.08. The van der Waals surface area contributed by atoms with Gasteiger partial charge in [0.15, 0.2) is 0 Å². The lowest BCUT2D eigenvalue weighted by molar-refractivity contribution is -0.130. The van der Waals surface area contributed by atoms with Crippen molar-refractivity contribution in [1.29, 1.82) is 0 Å². The number of imidazole rings is 1. The van der Waals surface area contributed by atoms with Gasteiger partial charge in [-0.3, -0.25) is 4.79 Å². The van der Waals surface area contributed by atoms with E-state index < -0.39 is 0 Å². The minimum atomic E-state index is 0.266. The van der Waals surface area contributed by atoms with Crippen molar-refractivity contribution < 1.29 is 4.79 Å². The van der Waals surface area contributed by atoms with E-state index in [0.29, 0.717) is 12.5 Å². The molecule has 116 valence electrons. The Morgan fingerprint density at radius 1 is 1.27 bits per heavy atom. The van der Waals surface area contributed by atoms with Crippen molar-refractivity contribution in [1.82, 2.24) is 14.5 Å². The predicted octanol–water partition coefficient (Wildman–Crippen LogP) is 2.91. The van der Waals surface area contributed by atoms with Crippen LogP contribution in [0.4, 0.5) is 0 Å². The number of amides is 1. The van der Waals surface area contributed by atoms with Gasteiger partial charge in [-0.05, 0) is 32.3 Å². The third-order valence-electron chi connectivity index (χ3n) is 4.52. The summed E-state index contributed by atoms with van der Waals surface area (Å²) in [7, 11) is 0. The van der Waals surface area contributed by atoms with Gasteiger partial charge in [-0.1, -0.05) is 30.3 Å². The summed E-state index contributed by atoms with van der Waals surface area (Å²) in [6.45, 7) is 5.79. The van der Waals surface area contributed by atoms with E-state index in [4.69, 9.17) is 0 Å². The second-order valence-corrected chi connectivity index (χ2v) is 6.08. The lowest BCUT2D eigenvalue weighted by atomic mass is 10.1. The van der Waals surface area contributed by atoms with Gasteiger partial charge in [0.2, 0.25) is 5.91 Å². The van der Waals surface area contributed by atoms with Crippen molar-refractivity contribution in [3.05, 3.63) is 53.6 Å². The van der Waals surface area contributed by atoms with E-state index in [1.54, 1.807) is 0 Å². The van der Waals surface area contributed by atoms with E-state index in [0.717, 1.165) is 31.8 Å². The van der Waals surface area contributed by atoms with E-state index in [1.807, 2.05) is 36.2 Å². The van der Waals surface area contributed by atoms with E-state index in [-0.39, 0.29) is 5.91 Å². The summed E-state index contributed by atoms with van der Waals surface area (Å²) in [6.07, 6.45) is 4.35. The normalized spacial score (nSPS) is 17.9. The van der Waals surface area contributed by atoms with Crippen LogP contribution in [0.2, 0.25) is 0 Å². The van der Waals surface area contributed by atoms with Crippen LogP contribution in [-0.4, -0.2) is 33.4 Å². The molecule has 1 saturated heterocycles. The summed E-state index contributed by atoms with van der Waals surface area (Å²) >= 11 is 0. The fraction of sp³-hybridized carbons (Fsp3) is 0.444. The van der Waals surface area contributed by atoms with Crippen molar-refractivity contribution in [3.63, 3.8) is 0 Å². The molecular formula is C18H23N3O. The number of aromatic nitrogens is 2. The van der Waals surface area contributed by atoms with Crippen LogP contribution in [0.3, 0.4) is 0 Å². The van der Waals surface area contributed by atoms with Crippen molar-refractivity contribution in [2.45, 2.75) is 39.2 Å². The van der Waals surface area contributed by atoms with Crippen molar-refractivity contribution in [2.24, 2.45) is 0 Å². The Balaban J connectivity index is 1.57. The molecule has 0 N–H and O–H groups in total. The summed E-state index contributed by atoms with van der Waals surface area (Å²) in [5.74, 6) is 1.31. The summed E-state index contributed by atoms with van der Waals surface area (Å²) in [4.78, 5) is 18.8. The maximum Gasteiger partial charge on any atom is 0.222 e. The molecule has 3 rings (SSSR count). The predicted molar refractivity (Wildman–Crippen MR) is 86.7 cm³/mol. The molecule has 2 aromatic rings. The Kier molecular flexibility index (Phi) is 4.27. The first kappa shape index (κ1) is 14.8. The van der Waals surface area contributed by atoms with Crippen LogP contribution < -0.4 is 0 Å². The van der Waals surface area contributed by atoms with Crippen LogP contribution in [-0.2, 0) is 11.2 Å². The zero-order valence-electron chi connectivity index (χ0n) is 13.3. The van der Waals surface area contributed by atoms with Crippen LogP contribution in [0.25, 0.3) is 0 Å². The van der Waals surface area contributed by atoms with Gasteiger partial charge in [0.05, 0.1) is 6.04 Å². The monoisotopic (exact) mass is 297 g/mol. The fourth-order valence-corrected chi connectivity index (χ4v) is 3.35. The highest BCUT2D eigenvalue weighted by atomic mass is 16.2. The molecule has 0 saturated carbocycles. The molecule has 1 amide bonds. The zero-order valence-corrected chi connectivity index (χ0v) is 13.3. The largest absolute Gasteiger partial charge is 0.341 e. The van der Waals surface area contributed by atoms with Crippen LogP contribution in [0.5, 0.6) is 0 Å². The van der Waals surface area contributed by atoms with Crippen molar-refractivity contribution >= 4 is 5.91 Å². The van der Waals surface area contributed by atoms with E-state index in [9.17, 15) is 4.79 Å². The molecule has 0 aliphatic carbocycles. The number of benzene rings is 1. The lowest BCUT2D eigenvalue weighted by Crippen LogP contribution is -2.29. The summed E-state index contributed by atoms with van der Waals surface area (Å²) < 4.78 is 2.27. The van der Waals surface area contributed by atoms with Crippen LogP contribution in [0.1, 0.15) is 36.0 Å². The van der Waals surface area contributed by atoms with Gasteiger partial charge in [0.25, 0.3) is 0 Å². The third kappa shape index (κ3) is 3.06. The molecule has 1 aromatic carbocycles. The quantitative estimate of drug-likeness (QED) is 0.870. The first-order chi connectivity index (χ1) is 10.6. The average molecular weight is 297 g/mol. The van der Waals surface area contributed by atoms with Gasteiger partial charge in [-0.25, -0.2) is 4.98 Å². The standard InChI is InChI=1S/C18H23N3O/c1-14-12-19-15(2)21(14)17-10-11-20(13-17)18(22)9-8-16-6-4-3-5-7-16/h3-7,12,17H,8-11,13H2,1-2H3. The number of rotatable bonds is 4. The first-order valence-electron chi connectivity index (χ1n) is 7.97. The number of hydrogen-bond acceptors (Lipinski definition) is 2. The molecule has 1 aliphatic rings. The van der Waals surface area contributed by atoms with Crippen LogP contribution in [0, 0.1) is 13.8 Å².